The fourth-order valence-corrected chi connectivity index (χ4v) is 4.99. The molecule has 0 aliphatic carbocycles. The van der Waals surface area contributed by atoms with E-state index in [-0.39, 0.29) is 16.7 Å². The Labute approximate surface area is 183 Å². The molecule has 3 rings (SSSR count). The molecule has 0 unspecified atom stereocenters. The second kappa shape index (κ2) is 10.3. The van der Waals surface area contributed by atoms with E-state index in [1.165, 1.54) is 16.4 Å². The average Bonchev–Trinajstić information content (AvgIpc) is 3.27. The van der Waals surface area contributed by atoms with Crippen molar-refractivity contribution in [3.8, 4) is 11.5 Å². The van der Waals surface area contributed by atoms with Gasteiger partial charge in [0, 0.05) is 31.7 Å². The van der Waals surface area contributed by atoms with Gasteiger partial charge in [-0.1, -0.05) is 20.8 Å². The highest BCUT2D eigenvalue weighted by Gasteiger charge is 2.28. The van der Waals surface area contributed by atoms with Gasteiger partial charge in [-0.05, 0) is 56.1 Å². The first-order chi connectivity index (χ1) is 14.8. The van der Waals surface area contributed by atoms with E-state index in [0.717, 1.165) is 32.5 Å². The predicted molar refractivity (Wildman–Crippen MR) is 117 cm³/mol. The van der Waals surface area contributed by atoms with Gasteiger partial charge in [-0.3, -0.25) is 4.79 Å². The number of benzene rings is 1. The van der Waals surface area contributed by atoms with Crippen LogP contribution in [0.2, 0.25) is 0 Å². The third-order valence-corrected chi connectivity index (χ3v) is 7.62. The van der Waals surface area contributed by atoms with Crippen LogP contribution < -0.4 is 5.32 Å². The molecule has 1 amide bonds. The molecule has 0 saturated carbocycles. The van der Waals surface area contributed by atoms with Crippen molar-refractivity contribution in [3.05, 3.63) is 30.2 Å². The van der Waals surface area contributed by atoms with E-state index < -0.39 is 15.9 Å². The Kier molecular flexibility index (Phi) is 7.79. The highest BCUT2D eigenvalue weighted by molar-refractivity contribution is 7.89. The van der Waals surface area contributed by atoms with Gasteiger partial charge in [0.25, 0.3) is 0 Å². The number of nitrogens with zero attached hydrogens (tertiary/aromatic N) is 4. The van der Waals surface area contributed by atoms with E-state index >= 15 is 0 Å². The van der Waals surface area contributed by atoms with Crippen LogP contribution in [0.1, 0.15) is 44.3 Å². The molecule has 10 heteroatoms. The van der Waals surface area contributed by atoms with Crippen LogP contribution in [-0.2, 0) is 10.0 Å². The molecule has 1 saturated heterocycles. The normalized spacial score (nSPS) is 16.0. The van der Waals surface area contributed by atoms with Gasteiger partial charge in [-0.25, -0.2) is 8.42 Å². The maximum Gasteiger partial charge on any atom is 0.308 e. The summed E-state index contributed by atoms with van der Waals surface area (Å²) in [5.74, 6) is 0.178. The lowest BCUT2D eigenvalue weighted by molar-refractivity contribution is 0.0915. The highest BCUT2D eigenvalue weighted by Crippen LogP contribution is 2.25. The summed E-state index contributed by atoms with van der Waals surface area (Å²) in [6, 6.07) is 6.32. The number of rotatable bonds is 9. The van der Waals surface area contributed by atoms with E-state index in [1.807, 2.05) is 0 Å². The van der Waals surface area contributed by atoms with E-state index in [4.69, 9.17) is 4.42 Å². The number of carbonyl (C=O) groups excluding carboxylic acids is 1. The summed E-state index contributed by atoms with van der Waals surface area (Å²) in [4.78, 5) is 14.7. The number of carbonyl (C=O) groups is 1. The van der Waals surface area contributed by atoms with Gasteiger partial charge in [0.1, 0.15) is 0 Å². The second-order valence-electron chi connectivity index (χ2n) is 7.81. The van der Waals surface area contributed by atoms with Crippen LogP contribution >= 0.6 is 0 Å². The molecule has 1 N–H and O–H groups in total. The van der Waals surface area contributed by atoms with Crippen molar-refractivity contribution in [1.82, 2.24) is 24.7 Å². The molecule has 170 valence electrons. The smallest absolute Gasteiger partial charge is 0.308 e. The van der Waals surface area contributed by atoms with Crippen molar-refractivity contribution in [3.63, 3.8) is 0 Å². The van der Waals surface area contributed by atoms with Crippen LogP contribution in [0.5, 0.6) is 0 Å². The highest BCUT2D eigenvalue weighted by atomic mass is 32.2. The SMILES string of the molecule is CCN(CC)CCNC(=O)c1nnc(-c2ccc(S(=O)(=O)N3CCC(C)CC3)cc2)o1. The van der Waals surface area contributed by atoms with Crippen molar-refractivity contribution in [2.45, 2.75) is 38.5 Å². The summed E-state index contributed by atoms with van der Waals surface area (Å²) >= 11 is 0. The first-order valence-corrected chi connectivity index (χ1v) is 12.2. The maximum absolute atomic E-state index is 12.8. The van der Waals surface area contributed by atoms with Gasteiger partial charge in [-0.2, -0.15) is 4.31 Å². The number of piperidine rings is 1. The van der Waals surface area contributed by atoms with E-state index in [0.29, 0.717) is 31.1 Å². The number of nitrogens with one attached hydrogen (secondary N) is 1. The summed E-state index contributed by atoms with van der Waals surface area (Å²) in [6.07, 6.45) is 1.75. The number of aromatic nitrogens is 2. The molecule has 9 nitrogen and oxygen atoms in total. The average molecular weight is 450 g/mol. The lowest BCUT2D eigenvalue weighted by atomic mass is 10.0. The summed E-state index contributed by atoms with van der Waals surface area (Å²) < 4.78 is 32.7. The van der Waals surface area contributed by atoms with Gasteiger partial charge < -0.3 is 14.6 Å². The Morgan fingerprint density at radius 1 is 1.16 bits per heavy atom. The molecular formula is C21H31N5O4S. The zero-order valence-electron chi connectivity index (χ0n) is 18.4. The summed E-state index contributed by atoms with van der Waals surface area (Å²) in [5, 5.41) is 10.5. The van der Waals surface area contributed by atoms with Crippen molar-refractivity contribution < 1.29 is 17.6 Å². The predicted octanol–water partition coefficient (Wildman–Crippen LogP) is 2.23. The molecular weight excluding hydrogens is 418 g/mol. The Hall–Kier alpha value is -2.30. The second-order valence-corrected chi connectivity index (χ2v) is 9.74. The number of amides is 1. The van der Waals surface area contributed by atoms with Crippen LogP contribution in [0.25, 0.3) is 11.5 Å². The van der Waals surface area contributed by atoms with Crippen LogP contribution in [0.4, 0.5) is 0 Å². The van der Waals surface area contributed by atoms with E-state index in [9.17, 15) is 13.2 Å². The molecule has 1 aromatic carbocycles. The van der Waals surface area contributed by atoms with E-state index in [1.54, 1.807) is 12.1 Å². The van der Waals surface area contributed by atoms with Gasteiger partial charge in [0.15, 0.2) is 0 Å². The quantitative estimate of drug-likeness (QED) is 0.625. The van der Waals surface area contributed by atoms with Gasteiger partial charge in [0.2, 0.25) is 15.9 Å². The van der Waals surface area contributed by atoms with E-state index in [2.05, 4.69) is 41.2 Å². The van der Waals surface area contributed by atoms with Crippen molar-refractivity contribution in [2.75, 3.05) is 39.3 Å². The first kappa shape index (κ1) is 23.4. The Balaban J connectivity index is 1.63. The molecule has 0 radical (unpaired) electrons. The Morgan fingerprint density at radius 2 is 1.81 bits per heavy atom. The first-order valence-electron chi connectivity index (χ1n) is 10.8. The van der Waals surface area contributed by atoms with Gasteiger partial charge >= 0.3 is 11.8 Å². The zero-order valence-corrected chi connectivity index (χ0v) is 19.2. The largest absolute Gasteiger partial charge is 0.412 e. The van der Waals surface area contributed by atoms with Crippen molar-refractivity contribution in [2.24, 2.45) is 5.92 Å². The summed E-state index contributed by atoms with van der Waals surface area (Å²) in [5.41, 5.74) is 0.556. The molecule has 0 spiro atoms. The molecule has 2 aromatic rings. The molecule has 2 heterocycles. The Morgan fingerprint density at radius 3 is 2.42 bits per heavy atom. The van der Waals surface area contributed by atoms with Crippen LogP contribution in [-0.4, -0.2) is 73.0 Å². The third-order valence-electron chi connectivity index (χ3n) is 5.71. The summed E-state index contributed by atoms with van der Waals surface area (Å²) in [6.45, 7) is 10.4. The van der Waals surface area contributed by atoms with Crippen molar-refractivity contribution >= 4 is 15.9 Å². The standard InChI is InChI=1S/C21H31N5O4S/c1-4-25(5-2)15-12-22-19(27)21-24-23-20(30-21)17-6-8-18(9-7-17)31(28,29)26-13-10-16(3)11-14-26/h6-9,16H,4-5,10-15H2,1-3H3,(H,22,27). The molecule has 1 aromatic heterocycles. The minimum absolute atomic E-state index is 0.117. The molecule has 31 heavy (non-hydrogen) atoms. The minimum atomic E-state index is -3.52. The van der Waals surface area contributed by atoms with Crippen LogP contribution in [0.15, 0.2) is 33.6 Å². The molecule has 1 aliphatic rings. The molecule has 1 aliphatic heterocycles. The lowest BCUT2D eigenvalue weighted by Crippen LogP contribution is -2.37. The minimum Gasteiger partial charge on any atom is -0.412 e. The summed E-state index contributed by atoms with van der Waals surface area (Å²) in [7, 11) is -3.52. The monoisotopic (exact) mass is 449 g/mol. The zero-order chi connectivity index (χ0) is 22.4. The number of hydrogen-bond acceptors (Lipinski definition) is 7. The number of hydrogen-bond donors (Lipinski definition) is 1. The van der Waals surface area contributed by atoms with Crippen LogP contribution in [0, 0.1) is 5.92 Å². The Bertz CT molecular complexity index is 962. The van der Waals surface area contributed by atoms with Gasteiger partial charge in [0.05, 0.1) is 4.90 Å². The molecule has 0 atom stereocenters. The van der Waals surface area contributed by atoms with Crippen LogP contribution in [0.3, 0.4) is 0 Å². The fourth-order valence-electron chi connectivity index (χ4n) is 3.52. The maximum atomic E-state index is 12.8. The lowest BCUT2D eigenvalue weighted by Gasteiger charge is -2.29. The molecule has 1 fully saturated rings. The van der Waals surface area contributed by atoms with Gasteiger partial charge in [-0.15, -0.1) is 10.2 Å². The van der Waals surface area contributed by atoms with Crippen molar-refractivity contribution in [1.29, 1.82) is 0 Å². The fraction of sp³-hybridized carbons (Fsp3) is 0.571. The number of sulfonamides is 1. The number of likely N-dealkylation sites (N-methyl/N-ethyl adjacent to an activating group) is 1. The molecule has 0 bridgehead atoms. The topological polar surface area (TPSA) is 109 Å². The third kappa shape index (κ3) is 5.69.